The predicted molar refractivity (Wildman–Crippen MR) is 47.6 cm³/mol. The minimum absolute atomic E-state index is 0.251. The molecule has 0 radical (unpaired) electrons. The fourth-order valence-corrected chi connectivity index (χ4v) is 1.21. The number of halogens is 5. The Bertz CT molecular complexity index is 550. The molecule has 1 N–H and O–H groups in total. The minimum atomic E-state index is -5.22. The highest BCUT2D eigenvalue weighted by Crippen LogP contribution is 2.33. The number of rotatable bonds is 3. The highest BCUT2D eigenvalue weighted by Gasteiger charge is 2.35. The van der Waals surface area contributed by atoms with Crippen LogP contribution < -0.4 is 4.74 Å². The number of carbonyl (C=O) groups is 1. The van der Waals surface area contributed by atoms with Crippen molar-refractivity contribution >= 4 is 5.97 Å². The Balaban J connectivity index is 3.51. The van der Waals surface area contributed by atoms with Gasteiger partial charge in [-0.25, -0.2) is 18.6 Å². The molecule has 0 aliphatic heterocycles. The summed E-state index contributed by atoms with van der Waals surface area (Å²) in [5.41, 5.74) is -3.85. The molecule has 0 saturated heterocycles. The van der Waals surface area contributed by atoms with E-state index in [4.69, 9.17) is 10.4 Å². The van der Waals surface area contributed by atoms with E-state index in [9.17, 15) is 26.7 Å². The lowest BCUT2D eigenvalue weighted by atomic mass is 10.1. The number of hydrogen-bond donors (Lipinski definition) is 1. The molecule has 0 unspecified atom stereocenters. The molecule has 10 heteroatoms. The average Bonchev–Trinajstić information content (AvgIpc) is 2.25. The maximum Gasteiger partial charge on any atom is 0.573 e. The summed E-state index contributed by atoms with van der Waals surface area (Å²) in [6, 6.07) is 1.06. The highest BCUT2D eigenvalue weighted by atomic mass is 19.4. The summed E-state index contributed by atoms with van der Waals surface area (Å²) in [7, 11) is 0. The van der Waals surface area contributed by atoms with Gasteiger partial charge in [0, 0.05) is 0 Å². The van der Waals surface area contributed by atoms with E-state index in [1.807, 2.05) is 0 Å². The monoisotopic (exact) mass is 282 g/mol. The maximum atomic E-state index is 12.7. The first-order valence-corrected chi connectivity index (χ1v) is 4.37. The number of aromatic carboxylic acids is 1. The lowest BCUT2D eigenvalue weighted by Gasteiger charge is -2.13. The zero-order chi connectivity index (χ0) is 14.8. The first kappa shape index (κ1) is 14.6. The van der Waals surface area contributed by atoms with Gasteiger partial charge in [0.05, 0.1) is 11.8 Å². The summed E-state index contributed by atoms with van der Waals surface area (Å²) >= 11 is 0. The molecule has 0 aliphatic carbocycles. The molecule has 1 aromatic heterocycles. The van der Waals surface area contributed by atoms with Gasteiger partial charge in [-0.1, -0.05) is 0 Å². The van der Waals surface area contributed by atoms with E-state index in [0.29, 0.717) is 0 Å². The van der Waals surface area contributed by atoms with E-state index in [1.165, 1.54) is 0 Å². The van der Waals surface area contributed by atoms with Crippen LogP contribution in [0.3, 0.4) is 0 Å². The van der Waals surface area contributed by atoms with Crippen LogP contribution >= 0.6 is 0 Å². The molecule has 0 aliphatic rings. The molecule has 0 amide bonds. The number of aromatic nitrogens is 1. The van der Waals surface area contributed by atoms with Crippen molar-refractivity contribution in [2.45, 2.75) is 12.8 Å². The fourth-order valence-electron chi connectivity index (χ4n) is 1.21. The second kappa shape index (κ2) is 5.05. The largest absolute Gasteiger partial charge is 0.573 e. The van der Waals surface area contributed by atoms with E-state index < -0.39 is 41.3 Å². The molecule has 0 saturated carbocycles. The van der Waals surface area contributed by atoms with Gasteiger partial charge in [0.2, 0.25) is 0 Å². The Morgan fingerprint density at radius 2 is 2.05 bits per heavy atom. The van der Waals surface area contributed by atoms with Gasteiger partial charge in [-0.2, -0.15) is 5.26 Å². The molecule has 1 heterocycles. The van der Waals surface area contributed by atoms with Gasteiger partial charge in [0.25, 0.3) is 6.43 Å². The van der Waals surface area contributed by atoms with Gasteiger partial charge in [0.1, 0.15) is 11.6 Å². The van der Waals surface area contributed by atoms with Gasteiger partial charge in [0.15, 0.2) is 11.4 Å². The molecule has 1 rings (SSSR count). The zero-order valence-corrected chi connectivity index (χ0v) is 8.70. The normalized spacial score (nSPS) is 11.2. The lowest BCUT2D eigenvalue weighted by Crippen LogP contribution is -2.19. The number of alkyl halides is 5. The summed E-state index contributed by atoms with van der Waals surface area (Å²) < 4.78 is 64.6. The Morgan fingerprint density at radius 3 is 2.42 bits per heavy atom. The predicted octanol–water partition coefficient (Wildman–Crippen LogP) is 2.49. The van der Waals surface area contributed by atoms with Gasteiger partial charge >= 0.3 is 12.3 Å². The maximum absolute atomic E-state index is 12.7. The summed E-state index contributed by atoms with van der Waals surface area (Å²) in [6.45, 7) is 0. The summed E-state index contributed by atoms with van der Waals surface area (Å²) in [4.78, 5) is 13.6. The zero-order valence-electron chi connectivity index (χ0n) is 8.70. The Labute approximate surface area is 101 Å². The van der Waals surface area contributed by atoms with Crippen LogP contribution in [0.4, 0.5) is 22.0 Å². The lowest BCUT2D eigenvalue weighted by molar-refractivity contribution is -0.274. The summed E-state index contributed by atoms with van der Waals surface area (Å²) in [5.74, 6) is -3.18. The Morgan fingerprint density at radius 1 is 1.47 bits per heavy atom. The number of carboxylic acid groups (broad SMARTS) is 1. The molecule has 0 atom stereocenters. The van der Waals surface area contributed by atoms with E-state index in [0.717, 1.165) is 6.07 Å². The standard InChI is InChI=1S/C9H3F5N2O3/c10-7(11)5-3(1-15)4(19-9(12,13)14)2-16-6(5)8(17)18/h2,7H,(H,17,18). The molecule has 0 fully saturated rings. The number of carboxylic acids is 1. The van der Waals surface area contributed by atoms with E-state index >= 15 is 0 Å². The van der Waals surface area contributed by atoms with Crippen molar-refractivity contribution in [3.63, 3.8) is 0 Å². The first-order chi connectivity index (χ1) is 8.67. The first-order valence-electron chi connectivity index (χ1n) is 4.37. The van der Waals surface area contributed by atoms with Crippen LogP contribution in [0.15, 0.2) is 6.20 Å². The van der Waals surface area contributed by atoms with Crippen LogP contribution in [-0.4, -0.2) is 22.4 Å². The van der Waals surface area contributed by atoms with Crippen molar-refractivity contribution in [1.29, 1.82) is 5.26 Å². The van der Waals surface area contributed by atoms with Gasteiger partial charge in [-0.3, -0.25) is 0 Å². The number of pyridine rings is 1. The van der Waals surface area contributed by atoms with Crippen LogP contribution in [0, 0.1) is 11.3 Å². The van der Waals surface area contributed by atoms with Crippen LogP contribution in [0.1, 0.15) is 28.0 Å². The van der Waals surface area contributed by atoms with Crippen molar-refractivity contribution < 1.29 is 36.6 Å². The molecule has 102 valence electrons. The second-order valence-corrected chi connectivity index (χ2v) is 3.03. The van der Waals surface area contributed by atoms with E-state index in [-0.39, 0.29) is 6.20 Å². The third-order valence-corrected chi connectivity index (χ3v) is 1.84. The highest BCUT2D eigenvalue weighted by molar-refractivity contribution is 5.88. The summed E-state index contributed by atoms with van der Waals surface area (Å²) in [5, 5.41) is 17.2. The smallest absolute Gasteiger partial charge is 0.476 e. The van der Waals surface area contributed by atoms with Gasteiger partial charge in [-0.05, 0) is 0 Å². The molecule has 1 aromatic rings. The van der Waals surface area contributed by atoms with Crippen LogP contribution in [0.25, 0.3) is 0 Å². The SMILES string of the molecule is N#Cc1c(OC(F)(F)F)cnc(C(=O)O)c1C(F)F. The average molecular weight is 282 g/mol. The van der Waals surface area contributed by atoms with Crippen LogP contribution in [0.5, 0.6) is 5.75 Å². The molecular formula is C9H3F5N2O3. The molecule has 0 spiro atoms. The third-order valence-electron chi connectivity index (χ3n) is 1.84. The molecular weight excluding hydrogens is 279 g/mol. The van der Waals surface area contributed by atoms with E-state index in [2.05, 4.69) is 9.72 Å². The summed E-state index contributed by atoms with van der Waals surface area (Å²) in [6.07, 6.45) is -8.47. The number of ether oxygens (including phenoxy) is 1. The minimum Gasteiger partial charge on any atom is -0.476 e. The van der Waals surface area contributed by atoms with Gasteiger partial charge in [-0.15, -0.1) is 13.2 Å². The van der Waals surface area contributed by atoms with Crippen molar-refractivity contribution in [3.05, 3.63) is 23.0 Å². The quantitative estimate of drug-likeness (QED) is 0.861. The number of hydrogen-bond acceptors (Lipinski definition) is 4. The van der Waals surface area contributed by atoms with E-state index in [1.54, 1.807) is 0 Å². The van der Waals surface area contributed by atoms with Crippen molar-refractivity contribution in [2.75, 3.05) is 0 Å². The van der Waals surface area contributed by atoms with Crippen molar-refractivity contribution in [1.82, 2.24) is 4.98 Å². The van der Waals surface area contributed by atoms with Crippen molar-refractivity contribution in [2.24, 2.45) is 0 Å². The van der Waals surface area contributed by atoms with Crippen LogP contribution in [0.2, 0.25) is 0 Å². The molecule has 5 nitrogen and oxygen atoms in total. The third kappa shape index (κ3) is 3.27. The fraction of sp³-hybridized carbons (Fsp3) is 0.222. The molecule has 0 bridgehead atoms. The number of nitriles is 1. The second-order valence-electron chi connectivity index (χ2n) is 3.03. The Kier molecular flexibility index (Phi) is 3.89. The van der Waals surface area contributed by atoms with Crippen molar-refractivity contribution in [3.8, 4) is 11.8 Å². The Hall–Kier alpha value is -2.44. The molecule has 0 aromatic carbocycles. The van der Waals surface area contributed by atoms with Gasteiger partial charge < -0.3 is 9.84 Å². The topological polar surface area (TPSA) is 83.2 Å². The van der Waals surface area contributed by atoms with Crippen LogP contribution in [-0.2, 0) is 0 Å². The number of nitrogens with zero attached hydrogens (tertiary/aromatic N) is 2. The molecule has 19 heavy (non-hydrogen) atoms.